The lowest BCUT2D eigenvalue weighted by molar-refractivity contribution is 0.0696. The molecule has 0 fully saturated rings. The number of carbonyl (C=O) groups excluding carboxylic acids is 1. The summed E-state index contributed by atoms with van der Waals surface area (Å²) < 4.78 is 0. The topological polar surface area (TPSA) is 66.4 Å². The van der Waals surface area contributed by atoms with Gasteiger partial charge < -0.3 is 10.4 Å². The van der Waals surface area contributed by atoms with Crippen molar-refractivity contribution in [3.63, 3.8) is 0 Å². The Hall–Kier alpha value is -2.14. The molecule has 1 amide bonds. The van der Waals surface area contributed by atoms with Gasteiger partial charge in [0.2, 0.25) is 0 Å². The van der Waals surface area contributed by atoms with E-state index >= 15 is 0 Å². The van der Waals surface area contributed by atoms with Crippen molar-refractivity contribution in [2.24, 2.45) is 0 Å². The Morgan fingerprint density at radius 3 is 2.42 bits per heavy atom. The van der Waals surface area contributed by atoms with E-state index in [1.165, 1.54) is 17.4 Å². The lowest BCUT2D eigenvalue weighted by Gasteiger charge is -2.09. The van der Waals surface area contributed by atoms with E-state index in [9.17, 15) is 9.59 Å². The molecule has 0 saturated carbocycles. The van der Waals surface area contributed by atoms with Crippen molar-refractivity contribution in [3.8, 4) is 0 Å². The minimum atomic E-state index is -0.977. The van der Waals surface area contributed by atoms with E-state index in [1.54, 1.807) is 24.4 Å². The van der Waals surface area contributed by atoms with Crippen molar-refractivity contribution < 1.29 is 14.7 Å². The molecule has 1 aromatic carbocycles. The molecule has 1 heterocycles. The van der Waals surface area contributed by atoms with Crippen molar-refractivity contribution >= 4 is 28.9 Å². The van der Waals surface area contributed by atoms with Gasteiger partial charge in [-0.05, 0) is 48.6 Å². The van der Waals surface area contributed by atoms with Crippen LogP contribution in [-0.2, 0) is 0 Å². The molecule has 98 valence electrons. The summed E-state index contributed by atoms with van der Waals surface area (Å²) in [5, 5.41) is 15.4. The number of aryl methyl sites for hydroxylation is 2. The Morgan fingerprint density at radius 2 is 1.89 bits per heavy atom. The highest BCUT2D eigenvalue weighted by atomic mass is 32.1. The van der Waals surface area contributed by atoms with Crippen molar-refractivity contribution in [1.29, 1.82) is 0 Å². The largest absolute Gasteiger partial charge is 0.478 e. The van der Waals surface area contributed by atoms with Crippen LogP contribution in [0.15, 0.2) is 29.0 Å². The number of nitrogens with one attached hydrogen (secondary N) is 1. The smallest absolute Gasteiger partial charge is 0.335 e. The minimum Gasteiger partial charge on any atom is -0.478 e. The Labute approximate surface area is 114 Å². The number of amides is 1. The molecule has 2 N–H and O–H groups in total. The SMILES string of the molecule is Cc1cc(C(=O)O)ccc1NC(=O)c1cscc1C. The first-order chi connectivity index (χ1) is 8.99. The van der Waals surface area contributed by atoms with Gasteiger partial charge in [0.15, 0.2) is 0 Å². The van der Waals surface area contributed by atoms with Crippen LogP contribution in [0.25, 0.3) is 0 Å². The van der Waals surface area contributed by atoms with Gasteiger partial charge in [0.1, 0.15) is 0 Å². The summed E-state index contributed by atoms with van der Waals surface area (Å²) >= 11 is 1.48. The molecular weight excluding hydrogens is 262 g/mol. The van der Waals surface area contributed by atoms with Gasteiger partial charge in [-0.2, -0.15) is 11.3 Å². The number of benzene rings is 1. The van der Waals surface area contributed by atoms with Crippen molar-refractivity contribution in [3.05, 3.63) is 51.2 Å². The summed E-state index contributed by atoms with van der Waals surface area (Å²) in [6, 6.07) is 4.63. The predicted molar refractivity (Wildman–Crippen MR) is 75.1 cm³/mol. The first-order valence-corrected chi connectivity index (χ1v) is 6.61. The molecule has 0 spiro atoms. The molecule has 0 atom stereocenters. The van der Waals surface area contributed by atoms with E-state index < -0.39 is 5.97 Å². The van der Waals surface area contributed by atoms with Gasteiger partial charge >= 0.3 is 5.97 Å². The van der Waals surface area contributed by atoms with Crippen LogP contribution >= 0.6 is 11.3 Å². The van der Waals surface area contributed by atoms with Gasteiger partial charge in [0.05, 0.1) is 11.1 Å². The molecule has 2 rings (SSSR count). The summed E-state index contributed by atoms with van der Waals surface area (Å²) in [5.74, 6) is -1.15. The fourth-order valence-electron chi connectivity index (χ4n) is 1.72. The number of hydrogen-bond donors (Lipinski definition) is 2. The molecule has 0 bridgehead atoms. The van der Waals surface area contributed by atoms with Crippen molar-refractivity contribution in [2.75, 3.05) is 5.32 Å². The van der Waals surface area contributed by atoms with Gasteiger partial charge in [-0.15, -0.1) is 0 Å². The van der Waals surface area contributed by atoms with Gasteiger partial charge in [-0.3, -0.25) is 4.79 Å². The van der Waals surface area contributed by atoms with Crippen LogP contribution in [0.3, 0.4) is 0 Å². The standard InChI is InChI=1S/C14H13NO3S/c1-8-5-10(14(17)18)3-4-12(8)15-13(16)11-7-19-6-9(11)2/h3-7H,1-2H3,(H,15,16)(H,17,18). The van der Waals surface area contributed by atoms with Crippen LogP contribution < -0.4 is 5.32 Å². The number of aromatic carboxylic acids is 1. The molecule has 4 nitrogen and oxygen atoms in total. The number of rotatable bonds is 3. The minimum absolute atomic E-state index is 0.176. The van der Waals surface area contributed by atoms with Gasteiger partial charge in [-0.25, -0.2) is 4.79 Å². The number of carboxylic acids is 1. The van der Waals surface area contributed by atoms with Gasteiger partial charge in [-0.1, -0.05) is 0 Å². The van der Waals surface area contributed by atoms with Crippen molar-refractivity contribution in [2.45, 2.75) is 13.8 Å². The molecule has 0 unspecified atom stereocenters. The molecule has 0 aliphatic carbocycles. The molecule has 0 aliphatic rings. The molecule has 0 radical (unpaired) electrons. The normalized spacial score (nSPS) is 10.2. The average Bonchev–Trinajstić information content (AvgIpc) is 2.77. The van der Waals surface area contributed by atoms with Crippen LogP contribution in [0, 0.1) is 13.8 Å². The number of carboxylic acid groups (broad SMARTS) is 1. The number of anilines is 1. The lowest BCUT2D eigenvalue weighted by atomic mass is 10.1. The van der Waals surface area contributed by atoms with Crippen molar-refractivity contribution in [1.82, 2.24) is 0 Å². The zero-order chi connectivity index (χ0) is 14.0. The van der Waals surface area contributed by atoms with Crippen LogP contribution in [0.4, 0.5) is 5.69 Å². The van der Waals surface area contributed by atoms with Crippen LogP contribution in [0.1, 0.15) is 31.8 Å². The fourth-order valence-corrected chi connectivity index (χ4v) is 2.55. The monoisotopic (exact) mass is 275 g/mol. The van der Waals surface area contributed by atoms with E-state index in [0.29, 0.717) is 11.3 Å². The lowest BCUT2D eigenvalue weighted by Crippen LogP contribution is -2.13. The third-order valence-corrected chi connectivity index (χ3v) is 3.68. The summed E-state index contributed by atoms with van der Waals surface area (Å²) in [4.78, 5) is 22.9. The summed E-state index contributed by atoms with van der Waals surface area (Å²) in [6.45, 7) is 3.65. The zero-order valence-corrected chi connectivity index (χ0v) is 11.4. The second-order valence-corrected chi connectivity index (χ2v) is 5.00. The molecule has 2 aromatic rings. The number of thiophene rings is 1. The summed E-state index contributed by atoms with van der Waals surface area (Å²) in [5.41, 5.74) is 3.14. The molecule has 1 aromatic heterocycles. The third-order valence-electron chi connectivity index (χ3n) is 2.82. The second-order valence-electron chi connectivity index (χ2n) is 4.26. The molecule has 0 saturated heterocycles. The third kappa shape index (κ3) is 2.82. The fraction of sp³-hybridized carbons (Fsp3) is 0.143. The maximum atomic E-state index is 12.0. The Bertz CT molecular complexity index is 646. The van der Waals surface area contributed by atoms with Crippen LogP contribution in [0.5, 0.6) is 0 Å². The highest BCUT2D eigenvalue weighted by Crippen LogP contribution is 2.20. The molecular formula is C14H13NO3S. The van der Waals surface area contributed by atoms with Gasteiger partial charge in [0.25, 0.3) is 5.91 Å². The predicted octanol–water partition coefficient (Wildman–Crippen LogP) is 3.32. The molecule has 19 heavy (non-hydrogen) atoms. The first-order valence-electron chi connectivity index (χ1n) is 5.67. The molecule has 5 heteroatoms. The second kappa shape index (κ2) is 5.24. The highest BCUT2D eigenvalue weighted by molar-refractivity contribution is 7.08. The maximum Gasteiger partial charge on any atom is 0.335 e. The molecule has 0 aliphatic heterocycles. The van der Waals surface area contributed by atoms with E-state index in [0.717, 1.165) is 11.1 Å². The van der Waals surface area contributed by atoms with E-state index in [-0.39, 0.29) is 11.5 Å². The van der Waals surface area contributed by atoms with E-state index in [4.69, 9.17) is 5.11 Å². The first kappa shape index (κ1) is 13.3. The van der Waals surface area contributed by atoms with Gasteiger partial charge in [0, 0.05) is 11.1 Å². The number of carbonyl (C=O) groups is 2. The Kier molecular flexibility index (Phi) is 3.66. The Balaban J connectivity index is 2.23. The Morgan fingerprint density at radius 1 is 1.16 bits per heavy atom. The van der Waals surface area contributed by atoms with Crippen LogP contribution in [0.2, 0.25) is 0 Å². The highest BCUT2D eigenvalue weighted by Gasteiger charge is 2.12. The maximum absolute atomic E-state index is 12.0. The zero-order valence-electron chi connectivity index (χ0n) is 10.6. The average molecular weight is 275 g/mol. The summed E-state index contributed by atoms with van der Waals surface area (Å²) in [6.07, 6.45) is 0. The quantitative estimate of drug-likeness (QED) is 0.903. The van der Waals surface area contributed by atoms with E-state index in [2.05, 4.69) is 5.32 Å². The van der Waals surface area contributed by atoms with E-state index in [1.807, 2.05) is 12.3 Å². The number of hydrogen-bond acceptors (Lipinski definition) is 3. The van der Waals surface area contributed by atoms with Crippen LogP contribution in [-0.4, -0.2) is 17.0 Å². The summed E-state index contributed by atoms with van der Waals surface area (Å²) in [7, 11) is 0.